The smallest absolute Gasteiger partial charge is 0.376 e. The van der Waals surface area contributed by atoms with Crippen molar-refractivity contribution in [2.75, 3.05) is 6.61 Å². The normalized spacial score (nSPS) is 24.2. The fourth-order valence-electron chi connectivity index (χ4n) is 3.40. The van der Waals surface area contributed by atoms with E-state index in [1.165, 1.54) is 0 Å². The zero-order valence-electron chi connectivity index (χ0n) is 18.3. The second-order valence-electron chi connectivity index (χ2n) is 7.90. The van der Waals surface area contributed by atoms with Gasteiger partial charge in [-0.15, -0.1) is 0 Å². The Balaban J connectivity index is 1.79. The summed E-state index contributed by atoms with van der Waals surface area (Å²) >= 11 is 10.6. The van der Waals surface area contributed by atoms with Crippen molar-refractivity contribution in [3.63, 3.8) is 0 Å². The fraction of sp³-hybridized carbons (Fsp3) is 0.444. The van der Waals surface area contributed by atoms with Crippen molar-refractivity contribution in [1.29, 1.82) is 0 Å². The van der Waals surface area contributed by atoms with E-state index < -0.39 is 73.0 Å². The number of aliphatic hydroxyl groups is 2. The fourth-order valence-corrected chi connectivity index (χ4v) is 5.69. The number of nitrogens with zero attached hydrogens (tertiary/aromatic N) is 2. The number of aromatic nitrogens is 2. The molecule has 5 atom stereocenters. The molecule has 0 spiro atoms. The van der Waals surface area contributed by atoms with Gasteiger partial charge < -0.3 is 34.2 Å². The first-order valence-electron chi connectivity index (χ1n) is 10.2. The summed E-state index contributed by atoms with van der Waals surface area (Å²) < 4.78 is 58.3. The first-order valence-corrected chi connectivity index (χ1v) is 14.1. The molecule has 19 heteroatoms. The molecule has 1 aromatic carbocycles. The van der Waals surface area contributed by atoms with E-state index in [1.807, 2.05) is 0 Å². The molecule has 0 bridgehead atoms. The minimum atomic E-state index is -5.57. The third-order valence-electron chi connectivity index (χ3n) is 5.43. The topological polar surface area (TPSA) is 198 Å². The summed E-state index contributed by atoms with van der Waals surface area (Å²) in [5.74, 6) is -1.70. The van der Waals surface area contributed by atoms with Gasteiger partial charge in [-0.1, -0.05) is 29.3 Å². The number of hydrogen-bond acceptors (Lipinski definition) is 8. The van der Waals surface area contributed by atoms with Gasteiger partial charge in [0, 0.05) is 24.9 Å². The first kappa shape index (κ1) is 30.1. The van der Waals surface area contributed by atoms with Crippen molar-refractivity contribution in [3.8, 4) is 0 Å². The van der Waals surface area contributed by atoms with Gasteiger partial charge in [0.05, 0.1) is 6.61 Å². The van der Waals surface area contributed by atoms with Crippen molar-refractivity contribution in [3.05, 3.63) is 68.5 Å². The number of rotatable bonds is 9. The molecule has 1 saturated heterocycles. The van der Waals surface area contributed by atoms with Gasteiger partial charge >= 0.3 is 24.7 Å². The minimum absolute atomic E-state index is 0.0197. The van der Waals surface area contributed by atoms with Crippen LogP contribution in [0.1, 0.15) is 11.8 Å². The van der Waals surface area contributed by atoms with Gasteiger partial charge in [-0.05, 0) is 18.1 Å². The molecular formula is C18H20Cl2F2N2O11P2. The van der Waals surface area contributed by atoms with Crippen LogP contribution in [0.3, 0.4) is 0 Å². The van der Waals surface area contributed by atoms with Gasteiger partial charge in [0.2, 0.25) is 0 Å². The Kier molecular flexibility index (Phi) is 8.90. The number of ether oxygens (including phenoxy) is 1. The number of aryl methyl sites for hydroxylation is 1. The lowest BCUT2D eigenvalue weighted by Crippen LogP contribution is -2.43. The molecule has 1 aliphatic rings. The molecule has 0 saturated carbocycles. The molecule has 2 unspecified atom stereocenters. The van der Waals surface area contributed by atoms with Gasteiger partial charge in [0.1, 0.15) is 29.9 Å². The number of hydrogen-bond donors (Lipinski definition) is 5. The van der Waals surface area contributed by atoms with Crippen LogP contribution >= 0.6 is 38.4 Å². The highest BCUT2D eigenvalue weighted by Gasteiger charge is 2.60. The van der Waals surface area contributed by atoms with E-state index in [0.29, 0.717) is 10.6 Å². The van der Waals surface area contributed by atoms with E-state index in [2.05, 4.69) is 4.52 Å². The summed E-state index contributed by atoms with van der Waals surface area (Å²) in [6.45, 7) is -1.40. The van der Waals surface area contributed by atoms with Gasteiger partial charge in [0.15, 0.2) is 6.23 Å². The molecule has 2 heterocycles. The lowest BCUT2D eigenvalue weighted by molar-refractivity contribution is -0.0531. The lowest BCUT2D eigenvalue weighted by atomic mass is 10.1. The Morgan fingerprint density at radius 2 is 1.73 bits per heavy atom. The largest absolute Gasteiger partial charge is 0.387 e. The highest BCUT2D eigenvalue weighted by molar-refractivity contribution is 7.78. The number of benzene rings is 1. The van der Waals surface area contributed by atoms with Crippen LogP contribution < -0.4 is 11.2 Å². The molecule has 1 fully saturated rings. The van der Waals surface area contributed by atoms with Crippen molar-refractivity contribution in [2.24, 2.45) is 0 Å². The SMILES string of the molecule is O=c1ccn([C@@H]2O[C@H](COP(=O)(O)C(Cl)(Cl)P(=O)(O)O)C(O)[C@@H]2O)c(=O)n1CCc1ccc(F)cc1F. The molecule has 1 aromatic heterocycles. The third kappa shape index (κ3) is 6.07. The molecule has 37 heavy (non-hydrogen) atoms. The van der Waals surface area contributed by atoms with E-state index in [4.69, 9.17) is 37.7 Å². The Bertz CT molecular complexity index is 1380. The molecule has 0 radical (unpaired) electrons. The number of alkyl halides is 2. The second-order valence-corrected chi connectivity index (χ2v) is 14.4. The van der Waals surface area contributed by atoms with Gasteiger partial charge in [-0.25, -0.2) is 13.6 Å². The van der Waals surface area contributed by atoms with Crippen LogP contribution in [0.4, 0.5) is 8.78 Å². The maximum absolute atomic E-state index is 13.9. The molecular weight excluding hydrogens is 591 g/mol. The molecule has 0 aliphatic carbocycles. The number of halogens is 4. The van der Waals surface area contributed by atoms with Crippen LogP contribution in [-0.4, -0.2) is 62.8 Å². The maximum atomic E-state index is 13.9. The Morgan fingerprint density at radius 1 is 1.08 bits per heavy atom. The molecule has 3 rings (SSSR count). The molecule has 0 amide bonds. The zero-order valence-corrected chi connectivity index (χ0v) is 21.6. The lowest BCUT2D eigenvalue weighted by Gasteiger charge is -2.26. The van der Waals surface area contributed by atoms with Gasteiger partial charge in [-0.2, -0.15) is 0 Å². The van der Waals surface area contributed by atoms with Crippen LogP contribution in [0.25, 0.3) is 0 Å². The van der Waals surface area contributed by atoms with E-state index >= 15 is 0 Å². The Labute approximate surface area is 216 Å². The van der Waals surface area contributed by atoms with Crippen molar-refractivity contribution < 1.29 is 52.1 Å². The van der Waals surface area contributed by atoms with E-state index in [9.17, 15) is 42.6 Å². The van der Waals surface area contributed by atoms with Crippen LogP contribution in [0.2, 0.25) is 0 Å². The summed E-state index contributed by atoms with van der Waals surface area (Å²) in [6, 6.07) is 3.70. The Hall–Kier alpha value is -1.48. The van der Waals surface area contributed by atoms with Crippen LogP contribution in [-0.2, 0) is 31.4 Å². The van der Waals surface area contributed by atoms with Gasteiger partial charge in [-0.3, -0.25) is 23.1 Å². The van der Waals surface area contributed by atoms with Crippen LogP contribution in [0.15, 0.2) is 40.1 Å². The summed E-state index contributed by atoms with van der Waals surface area (Å²) in [5, 5.41) is 20.7. The van der Waals surface area contributed by atoms with Crippen molar-refractivity contribution in [2.45, 2.75) is 41.3 Å². The average Bonchev–Trinajstić information content (AvgIpc) is 3.06. The van der Waals surface area contributed by atoms with E-state index in [-0.39, 0.29) is 18.5 Å². The second kappa shape index (κ2) is 10.9. The summed E-state index contributed by atoms with van der Waals surface area (Å²) in [5.41, 5.74) is -1.81. The van der Waals surface area contributed by atoms with Crippen LogP contribution in [0, 0.1) is 11.6 Å². The monoisotopic (exact) mass is 610 g/mol. The predicted molar refractivity (Wildman–Crippen MR) is 123 cm³/mol. The Morgan fingerprint density at radius 3 is 2.32 bits per heavy atom. The molecule has 5 N–H and O–H groups in total. The highest BCUT2D eigenvalue weighted by Crippen LogP contribution is 2.75. The third-order valence-corrected chi connectivity index (χ3v) is 11.5. The first-order chi connectivity index (χ1) is 17.0. The van der Waals surface area contributed by atoms with E-state index in [1.54, 1.807) is 0 Å². The molecule has 206 valence electrons. The molecule has 13 nitrogen and oxygen atoms in total. The summed E-state index contributed by atoms with van der Waals surface area (Å²) in [7, 11) is -11.0. The summed E-state index contributed by atoms with van der Waals surface area (Å²) in [4.78, 5) is 53.1. The maximum Gasteiger partial charge on any atom is 0.376 e. The molecule has 1 aliphatic heterocycles. The summed E-state index contributed by atoms with van der Waals surface area (Å²) in [6.07, 6.45) is -6.20. The molecule has 2 aromatic rings. The quantitative estimate of drug-likeness (QED) is 0.197. The number of aliphatic hydroxyl groups excluding tert-OH is 2. The van der Waals surface area contributed by atoms with Crippen LogP contribution in [0.5, 0.6) is 0 Å². The minimum Gasteiger partial charge on any atom is -0.387 e. The highest BCUT2D eigenvalue weighted by atomic mass is 35.5. The van der Waals surface area contributed by atoms with E-state index in [0.717, 1.165) is 29.0 Å². The zero-order chi connectivity index (χ0) is 27.9. The predicted octanol–water partition coefficient (Wildman–Crippen LogP) is 0.619. The van der Waals surface area contributed by atoms with Gasteiger partial charge in [0.25, 0.3) is 5.56 Å². The van der Waals surface area contributed by atoms with Crippen molar-refractivity contribution >= 4 is 38.4 Å². The van der Waals surface area contributed by atoms with Crippen molar-refractivity contribution in [1.82, 2.24) is 9.13 Å². The average molecular weight is 611 g/mol. The standard InChI is InChI=1S/C18H20Cl2F2N2O11P2/c19-18(20,36(29,30)31)37(32,33)34-8-12-14(26)15(27)16(35-12)24-6-4-13(25)23(17(24)28)5-3-9-1-2-10(21)7-11(9)22/h1-2,4,6-7,12,14-16,26-27H,3,5,8H2,(H,32,33)(H2,29,30,31)/t12-,14?,15+,16-/m1/s1.